The topological polar surface area (TPSA) is 187 Å². The Kier molecular flexibility index (Phi) is 10.9. The van der Waals surface area contributed by atoms with Crippen LogP contribution in [-0.2, 0) is 38.4 Å². The Morgan fingerprint density at radius 2 is 1.36 bits per heavy atom. The van der Waals surface area contributed by atoms with Crippen molar-refractivity contribution in [1.29, 1.82) is 0 Å². The second-order valence-corrected chi connectivity index (χ2v) is 11.4. The zero-order chi connectivity index (χ0) is 32.5. The molecule has 0 aliphatic carbocycles. The van der Waals surface area contributed by atoms with Crippen LogP contribution in [0.1, 0.15) is 30.5 Å². The van der Waals surface area contributed by atoms with Gasteiger partial charge < -0.3 is 36.9 Å². The number of carbonyl (C=O) groups excluding carboxylic acids is 3. The van der Waals surface area contributed by atoms with Crippen molar-refractivity contribution in [3.63, 3.8) is 0 Å². The van der Waals surface area contributed by atoms with Crippen LogP contribution < -0.4 is 21.7 Å². The number of aliphatic carboxylic acids is 1. The third-order valence-corrected chi connectivity index (χ3v) is 7.60. The monoisotopic (exact) mass is 613 g/mol. The summed E-state index contributed by atoms with van der Waals surface area (Å²) in [5.74, 6) is -3.44. The Bertz CT molecular complexity index is 1620. The van der Waals surface area contributed by atoms with E-state index in [1.807, 2.05) is 54.6 Å². The van der Waals surface area contributed by atoms with Crippen LogP contribution in [0.5, 0.6) is 5.75 Å². The number of H-pyrrole nitrogens is 1. The van der Waals surface area contributed by atoms with Crippen LogP contribution in [-0.4, -0.2) is 63.1 Å². The Balaban J connectivity index is 1.48. The van der Waals surface area contributed by atoms with E-state index in [9.17, 15) is 29.4 Å². The zero-order valence-corrected chi connectivity index (χ0v) is 25.2. The minimum absolute atomic E-state index is 0.0304. The molecule has 0 saturated heterocycles. The predicted octanol–water partition coefficient (Wildman–Crippen LogP) is 2.42. The van der Waals surface area contributed by atoms with E-state index in [1.54, 1.807) is 32.2 Å². The average Bonchev–Trinajstić information content (AvgIpc) is 3.42. The van der Waals surface area contributed by atoms with E-state index in [4.69, 9.17) is 5.73 Å². The fourth-order valence-corrected chi connectivity index (χ4v) is 5.09. The van der Waals surface area contributed by atoms with Crippen molar-refractivity contribution in [3.05, 3.63) is 102 Å². The highest BCUT2D eigenvalue weighted by Crippen LogP contribution is 2.19. The number of rotatable bonds is 14. The van der Waals surface area contributed by atoms with Gasteiger partial charge in [-0.05, 0) is 47.2 Å². The smallest absolute Gasteiger partial charge is 0.326 e. The van der Waals surface area contributed by atoms with Crippen molar-refractivity contribution in [2.75, 3.05) is 0 Å². The number of amides is 3. The van der Waals surface area contributed by atoms with Gasteiger partial charge in [0.25, 0.3) is 0 Å². The van der Waals surface area contributed by atoms with Crippen LogP contribution in [0.25, 0.3) is 10.9 Å². The van der Waals surface area contributed by atoms with E-state index < -0.39 is 53.8 Å². The number of fused-ring (bicyclic) bond motifs is 1. The summed E-state index contributed by atoms with van der Waals surface area (Å²) in [4.78, 5) is 55.5. The highest BCUT2D eigenvalue weighted by atomic mass is 16.4. The van der Waals surface area contributed by atoms with E-state index in [-0.39, 0.29) is 25.0 Å². The minimum Gasteiger partial charge on any atom is -0.508 e. The van der Waals surface area contributed by atoms with Gasteiger partial charge in [0.1, 0.15) is 23.9 Å². The van der Waals surface area contributed by atoms with Crippen LogP contribution in [0.4, 0.5) is 0 Å². The van der Waals surface area contributed by atoms with Gasteiger partial charge in [-0.25, -0.2) is 4.79 Å². The van der Waals surface area contributed by atoms with E-state index in [1.165, 1.54) is 12.1 Å². The molecule has 0 fully saturated rings. The van der Waals surface area contributed by atoms with Crippen molar-refractivity contribution in [2.24, 2.45) is 11.7 Å². The highest BCUT2D eigenvalue weighted by molar-refractivity contribution is 5.94. The molecule has 4 unspecified atom stereocenters. The maximum atomic E-state index is 13.7. The number of phenolic OH excluding ortho intramolecular Hbond substituents is 1. The second kappa shape index (κ2) is 15.0. The Labute approximate surface area is 261 Å². The lowest BCUT2D eigenvalue weighted by Gasteiger charge is -2.27. The first kappa shape index (κ1) is 32.7. The molecule has 8 N–H and O–H groups in total. The lowest BCUT2D eigenvalue weighted by molar-refractivity contribution is -0.142. The highest BCUT2D eigenvalue weighted by Gasteiger charge is 2.32. The normalized spacial score (nSPS) is 13.9. The standard InChI is InChI=1S/C34H39N5O6/c1-20(2)30(33(43)38-29(34(44)45)18-23-19-36-27-11-7-6-10-25(23)27)39-32(42)28(17-22-12-14-24(40)15-13-22)37-31(41)26(35)16-21-8-4-3-5-9-21/h3-15,19-20,26,28-30,36,40H,16-18,35H2,1-2H3,(H,37,41)(H,38,43)(H,39,42)(H,44,45). The summed E-state index contributed by atoms with van der Waals surface area (Å²) < 4.78 is 0. The molecule has 0 aliphatic rings. The van der Waals surface area contributed by atoms with Crippen LogP contribution in [0, 0.1) is 5.92 Å². The van der Waals surface area contributed by atoms with Crippen LogP contribution in [0.2, 0.25) is 0 Å². The summed E-state index contributed by atoms with van der Waals surface area (Å²) in [7, 11) is 0. The number of benzene rings is 3. The SMILES string of the molecule is CC(C)C(NC(=O)C(Cc1ccc(O)cc1)NC(=O)C(N)Cc1ccccc1)C(=O)NC(Cc1c[nH]c2ccccc12)C(=O)O. The molecule has 4 aromatic rings. The summed E-state index contributed by atoms with van der Waals surface area (Å²) >= 11 is 0. The number of carboxylic acid groups (broad SMARTS) is 1. The predicted molar refractivity (Wildman–Crippen MR) is 170 cm³/mol. The van der Waals surface area contributed by atoms with E-state index in [0.29, 0.717) is 5.56 Å². The molecule has 3 amide bonds. The third-order valence-electron chi connectivity index (χ3n) is 7.60. The molecule has 0 saturated carbocycles. The largest absolute Gasteiger partial charge is 0.508 e. The molecule has 0 bridgehead atoms. The maximum Gasteiger partial charge on any atom is 0.326 e. The van der Waals surface area contributed by atoms with Crippen molar-refractivity contribution < 1.29 is 29.4 Å². The van der Waals surface area contributed by atoms with Gasteiger partial charge >= 0.3 is 5.97 Å². The number of para-hydroxylation sites is 1. The molecule has 236 valence electrons. The average molecular weight is 614 g/mol. The Morgan fingerprint density at radius 3 is 2.02 bits per heavy atom. The molecule has 1 heterocycles. The van der Waals surface area contributed by atoms with Crippen molar-refractivity contribution in [1.82, 2.24) is 20.9 Å². The number of carboxylic acids is 1. The Morgan fingerprint density at radius 1 is 0.733 bits per heavy atom. The molecular weight excluding hydrogens is 574 g/mol. The number of aromatic nitrogens is 1. The summed E-state index contributed by atoms with van der Waals surface area (Å²) in [6, 6.07) is 18.5. The van der Waals surface area contributed by atoms with E-state index >= 15 is 0 Å². The molecule has 11 heteroatoms. The molecule has 45 heavy (non-hydrogen) atoms. The molecule has 1 aromatic heterocycles. The van der Waals surface area contributed by atoms with Gasteiger partial charge in [0.05, 0.1) is 6.04 Å². The number of hydrogen-bond donors (Lipinski definition) is 7. The number of phenols is 1. The first-order valence-corrected chi connectivity index (χ1v) is 14.8. The van der Waals surface area contributed by atoms with Crippen LogP contribution >= 0.6 is 0 Å². The summed E-state index contributed by atoms with van der Waals surface area (Å²) in [5, 5.41) is 28.5. The molecule has 4 rings (SSSR count). The van der Waals surface area contributed by atoms with Gasteiger partial charge in [-0.3, -0.25) is 14.4 Å². The van der Waals surface area contributed by atoms with Gasteiger partial charge in [0, 0.05) is 29.9 Å². The van der Waals surface area contributed by atoms with E-state index in [2.05, 4.69) is 20.9 Å². The van der Waals surface area contributed by atoms with Crippen molar-refractivity contribution >= 4 is 34.6 Å². The molecule has 0 spiro atoms. The summed E-state index contributed by atoms with van der Waals surface area (Å²) in [6.45, 7) is 3.45. The van der Waals surface area contributed by atoms with Crippen molar-refractivity contribution in [3.8, 4) is 5.75 Å². The fourth-order valence-electron chi connectivity index (χ4n) is 5.09. The molecule has 0 aliphatic heterocycles. The third kappa shape index (κ3) is 8.93. The van der Waals surface area contributed by atoms with Crippen LogP contribution in [0.3, 0.4) is 0 Å². The fraction of sp³-hybridized carbons (Fsp3) is 0.294. The number of aromatic amines is 1. The number of hydrogen-bond acceptors (Lipinski definition) is 6. The molecule has 0 radical (unpaired) electrons. The lowest BCUT2D eigenvalue weighted by atomic mass is 9.99. The lowest BCUT2D eigenvalue weighted by Crippen LogP contribution is -2.59. The molecule has 3 aromatic carbocycles. The first-order valence-electron chi connectivity index (χ1n) is 14.8. The summed E-state index contributed by atoms with van der Waals surface area (Å²) in [5.41, 5.74) is 9.27. The second-order valence-electron chi connectivity index (χ2n) is 11.4. The number of nitrogens with one attached hydrogen (secondary N) is 4. The molecule has 11 nitrogen and oxygen atoms in total. The molecular formula is C34H39N5O6. The Hall–Kier alpha value is -5.16. The van der Waals surface area contributed by atoms with Gasteiger partial charge in [0.15, 0.2) is 0 Å². The van der Waals surface area contributed by atoms with Crippen molar-refractivity contribution in [2.45, 2.75) is 57.3 Å². The summed E-state index contributed by atoms with van der Waals surface area (Å²) in [6.07, 6.45) is 2.06. The number of nitrogens with two attached hydrogens (primary N) is 1. The van der Waals surface area contributed by atoms with Gasteiger partial charge in [0.2, 0.25) is 17.7 Å². The quantitative estimate of drug-likeness (QED) is 0.114. The molecule has 4 atom stereocenters. The van der Waals surface area contributed by atoms with Gasteiger partial charge in [-0.2, -0.15) is 0 Å². The zero-order valence-electron chi connectivity index (χ0n) is 25.2. The maximum absolute atomic E-state index is 13.7. The van der Waals surface area contributed by atoms with Gasteiger partial charge in [-0.1, -0.05) is 74.5 Å². The van der Waals surface area contributed by atoms with E-state index in [0.717, 1.165) is 22.0 Å². The first-order chi connectivity index (χ1) is 21.5. The van der Waals surface area contributed by atoms with Crippen LogP contribution in [0.15, 0.2) is 85.1 Å². The number of aromatic hydroxyl groups is 1. The minimum atomic E-state index is -1.25. The van der Waals surface area contributed by atoms with Gasteiger partial charge in [-0.15, -0.1) is 0 Å². The number of carbonyl (C=O) groups is 4.